The van der Waals surface area contributed by atoms with E-state index >= 15 is 0 Å². The van der Waals surface area contributed by atoms with Crippen LogP contribution in [0.25, 0.3) is 9.69 Å². The average Bonchev–Trinajstić information content (AvgIpc) is 2.84. The number of hydrogen-bond donors (Lipinski definition) is 0. The second kappa shape index (κ2) is 17.2. The van der Waals surface area contributed by atoms with Crippen LogP contribution < -0.4 is 0 Å². The molecule has 9 heteroatoms. The lowest BCUT2D eigenvalue weighted by Gasteiger charge is -2.00. The van der Waals surface area contributed by atoms with Crippen molar-refractivity contribution in [1.29, 1.82) is 0 Å². The fourth-order valence-electron chi connectivity index (χ4n) is 1.93. The fourth-order valence-corrected chi connectivity index (χ4v) is 1.93. The summed E-state index contributed by atoms with van der Waals surface area (Å²) in [5.41, 5.74) is 1.84. The second-order valence-electron chi connectivity index (χ2n) is 5.71. The number of carbonyl (C=O) groups excluding carboxylic acids is 4. The first-order valence-corrected chi connectivity index (χ1v) is 8.90. The molecule has 176 valence electrons. The molecule has 2 aromatic carbocycles. The van der Waals surface area contributed by atoms with Crippen LogP contribution >= 0.6 is 0 Å². The van der Waals surface area contributed by atoms with E-state index in [1.165, 1.54) is 34.3 Å². The predicted molar refractivity (Wildman–Crippen MR) is 125 cm³/mol. The number of benzene rings is 2. The summed E-state index contributed by atoms with van der Waals surface area (Å²) in [6.07, 6.45) is -0.951. The summed E-state index contributed by atoms with van der Waals surface area (Å²) in [5.74, 6) is -0.920. The highest BCUT2D eigenvalue weighted by molar-refractivity contribution is 6.06. The molecule has 0 amide bonds. The number of nitrogens with zero attached hydrogens (tertiary/aromatic N) is 2. The number of hydrogen-bond acceptors (Lipinski definition) is 7. The second-order valence-corrected chi connectivity index (χ2v) is 5.71. The molecule has 0 aliphatic heterocycles. The standard InChI is InChI=1S/C11H9NO3.C9H7NO.C3H6O3.CH4.H2/c1-12-9-5-3-4-8(6-9)10(13)7-11(14)15-2;1-7(11)8-4-3-5-9(6-8)10-2;1-5-3(4)6-2;;/h3-6H,7H2,2H3;3-6H,1H3;1-2H3;1H4;1H. The van der Waals surface area contributed by atoms with Crippen LogP contribution in [-0.4, -0.2) is 45.0 Å². The van der Waals surface area contributed by atoms with E-state index in [1.54, 1.807) is 42.5 Å². The van der Waals surface area contributed by atoms with E-state index in [9.17, 15) is 19.2 Å². The van der Waals surface area contributed by atoms with Crippen LogP contribution in [0.4, 0.5) is 16.2 Å². The lowest BCUT2D eigenvalue weighted by molar-refractivity contribution is -0.139. The predicted octanol–water partition coefficient (Wildman–Crippen LogP) is 5.70. The van der Waals surface area contributed by atoms with Gasteiger partial charge >= 0.3 is 12.1 Å². The van der Waals surface area contributed by atoms with Gasteiger partial charge in [0.1, 0.15) is 6.42 Å². The molecule has 0 aliphatic rings. The number of ketones is 2. The fraction of sp³-hybridized carbons (Fsp3) is 0.250. The number of ether oxygens (including phenoxy) is 3. The van der Waals surface area contributed by atoms with E-state index < -0.39 is 12.1 Å². The van der Waals surface area contributed by atoms with Crippen LogP contribution in [0.3, 0.4) is 0 Å². The summed E-state index contributed by atoms with van der Waals surface area (Å²) in [6, 6.07) is 12.9. The molecule has 2 rings (SSSR count). The Kier molecular flexibility index (Phi) is 16.0. The molecule has 0 fully saturated rings. The molecule has 0 bridgehead atoms. The van der Waals surface area contributed by atoms with Crippen molar-refractivity contribution in [2.45, 2.75) is 20.8 Å². The molecule has 9 nitrogen and oxygen atoms in total. The molecule has 0 spiro atoms. The van der Waals surface area contributed by atoms with E-state index in [4.69, 9.17) is 13.1 Å². The number of methoxy groups -OCH3 is 3. The molecule has 0 aromatic heterocycles. The largest absolute Gasteiger partial charge is 0.507 e. The summed E-state index contributed by atoms with van der Waals surface area (Å²) >= 11 is 0. The maximum Gasteiger partial charge on any atom is 0.507 e. The Balaban J connectivity index is -0.000000448. The van der Waals surface area contributed by atoms with Crippen LogP contribution in [0, 0.1) is 13.1 Å². The highest BCUT2D eigenvalue weighted by Gasteiger charge is 2.11. The molecule has 2 aromatic rings. The average molecular weight is 456 g/mol. The zero-order valence-corrected chi connectivity index (χ0v) is 18.1. The van der Waals surface area contributed by atoms with Crippen molar-refractivity contribution in [3.63, 3.8) is 0 Å². The molecule has 0 saturated carbocycles. The molecule has 0 aliphatic carbocycles. The minimum absolute atomic E-state index is 0. The summed E-state index contributed by atoms with van der Waals surface area (Å²) in [5, 5.41) is 0. The van der Waals surface area contributed by atoms with Gasteiger partial charge in [-0.05, 0) is 19.1 Å². The van der Waals surface area contributed by atoms with Gasteiger partial charge in [0.25, 0.3) is 0 Å². The number of carbonyl (C=O) groups is 4. The third kappa shape index (κ3) is 12.7. The minimum Gasteiger partial charge on any atom is -0.469 e. The third-order valence-electron chi connectivity index (χ3n) is 3.54. The highest BCUT2D eigenvalue weighted by Crippen LogP contribution is 2.15. The van der Waals surface area contributed by atoms with E-state index in [1.807, 2.05) is 0 Å². The van der Waals surface area contributed by atoms with Crippen molar-refractivity contribution >= 4 is 35.1 Å². The SMILES string of the molecule is C.COC(=O)OC.[C-]#[N+]c1cccc(C(=O)CC(=O)OC)c1.[C-]#[N+]c1cccc(C(C)=O)c1.[HH]. The Labute approximate surface area is 195 Å². The molecule has 0 saturated heterocycles. The first-order valence-electron chi connectivity index (χ1n) is 8.90. The quantitative estimate of drug-likeness (QED) is 0.251. The van der Waals surface area contributed by atoms with Gasteiger partial charge in [0.05, 0.1) is 34.5 Å². The molecule has 0 N–H and O–H groups in total. The molecule has 33 heavy (non-hydrogen) atoms. The zero-order chi connectivity index (χ0) is 24.5. The number of Topliss-reactive ketones (excluding diaryl/α,β-unsaturated/α-hetero) is 2. The van der Waals surface area contributed by atoms with Crippen LogP contribution in [0.2, 0.25) is 0 Å². The summed E-state index contributed by atoms with van der Waals surface area (Å²) in [4.78, 5) is 49.3. The maximum atomic E-state index is 11.5. The molecular weight excluding hydrogens is 428 g/mol. The van der Waals surface area contributed by atoms with E-state index in [0.29, 0.717) is 22.5 Å². The first-order chi connectivity index (χ1) is 15.2. The van der Waals surface area contributed by atoms with Gasteiger partial charge in [0.15, 0.2) is 22.9 Å². The number of esters is 1. The highest BCUT2D eigenvalue weighted by atomic mass is 16.7. The van der Waals surface area contributed by atoms with Crippen LogP contribution in [-0.2, 0) is 19.0 Å². The van der Waals surface area contributed by atoms with Crippen LogP contribution in [0.5, 0.6) is 0 Å². The van der Waals surface area contributed by atoms with Crippen molar-refractivity contribution in [2.75, 3.05) is 21.3 Å². The lowest BCUT2D eigenvalue weighted by Crippen LogP contribution is -2.09. The topological polar surface area (TPSA) is 105 Å². The van der Waals surface area contributed by atoms with E-state index in [-0.39, 0.29) is 26.8 Å². The Morgan fingerprint density at radius 2 is 1.27 bits per heavy atom. The maximum absolute atomic E-state index is 11.5. The molecule has 0 heterocycles. The van der Waals surface area contributed by atoms with Crippen molar-refractivity contribution in [3.8, 4) is 0 Å². The van der Waals surface area contributed by atoms with Gasteiger partial charge in [-0.1, -0.05) is 43.8 Å². The van der Waals surface area contributed by atoms with Crippen LogP contribution in [0.15, 0.2) is 48.5 Å². The summed E-state index contributed by atoms with van der Waals surface area (Å²) in [7, 11) is 3.74. The molecule has 0 unspecified atom stereocenters. The summed E-state index contributed by atoms with van der Waals surface area (Å²) < 4.78 is 12.5. The monoisotopic (exact) mass is 456 g/mol. The van der Waals surface area contributed by atoms with Crippen molar-refractivity contribution in [3.05, 3.63) is 82.5 Å². The Morgan fingerprint density at radius 3 is 1.64 bits per heavy atom. The normalized spacial score (nSPS) is 8.30. The van der Waals surface area contributed by atoms with E-state index in [2.05, 4.69) is 23.9 Å². The van der Waals surface area contributed by atoms with Crippen LogP contribution in [0.1, 0.15) is 42.9 Å². The van der Waals surface area contributed by atoms with Gasteiger partial charge in [-0.3, -0.25) is 14.4 Å². The Hall–Kier alpha value is -4.50. The molecule has 0 radical (unpaired) electrons. The minimum atomic E-state index is -0.657. The van der Waals surface area contributed by atoms with Crippen molar-refractivity contribution in [2.24, 2.45) is 0 Å². The van der Waals surface area contributed by atoms with E-state index in [0.717, 1.165) is 0 Å². The third-order valence-corrected chi connectivity index (χ3v) is 3.54. The van der Waals surface area contributed by atoms with Gasteiger partial charge in [-0.25, -0.2) is 14.5 Å². The Bertz CT molecular complexity index is 1030. The smallest absolute Gasteiger partial charge is 0.469 e. The van der Waals surface area contributed by atoms with Gasteiger partial charge < -0.3 is 14.2 Å². The van der Waals surface area contributed by atoms with Gasteiger partial charge in [0.2, 0.25) is 0 Å². The van der Waals surface area contributed by atoms with Crippen molar-refractivity contribution < 1.29 is 34.8 Å². The van der Waals surface area contributed by atoms with Gasteiger partial charge in [0, 0.05) is 12.6 Å². The molecule has 0 atom stereocenters. The Morgan fingerprint density at radius 1 is 0.818 bits per heavy atom. The van der Waals surface area contributed by atoms with Gasteiger partial charge in [-0.15, -0.1) is 0 Å². The van der Waals surface area contributed by atoms with Gasteiger partial charge in [-0.2, -0.15) is 0 Å². The lowest BCUT2D eigenvalue weighted by atomic mass is 10.1. The first kappa shape index (κ1) is 30.7. The summed E-state index contributed by atoms with van der Waals surface area (Å²) in [6.45, 7) is 15.0. The van der Waals surface area contributed by atoms with Crippen molar-refractivity contribution in [1.82, 2.24) is 0 Å². The molecular formula is C24H28N2O7. The zero-order valence-electron chi connectivity index (χ0n) is 18.1. The number of rotatable bonds is 4.